The average molecular weight is 269 g/mol. The van der Waals surface area contributed by atoms with E-state index in [1.165, 1.54) is 12.8 Å². The molecule has 19 heavy (non-hydrogen) atoms. The lowest BCUT2D eigenvalue weighted by Gasteiger charge is -2.45. The number of piperidine rings is 1. The smallest absolute Gasteiger partial charge is 0.0730 e. The molecule has 3 fully saturated rings. The van der Waals surface area contributed by atoms with Crippen LogP contribution in [0.1, 0.15) is 38.5 Å². The van der Waals surface area contributed by atoms with Gasteiger partial charge >= 0.3 is 0 Å². The Bertz CT molecular complexity index is 280. The summed E-state index contributed by atoms with van der Waals surface area (Å²) < 4.78 is 11.5. The van der Waals surface area contributed by atoms with Crippen LogP contribution in [0.3, 0.4) is 0 Å². The zero-order chi connectivity index (χ0) is 13.1. The van der Waals surface area contributed by atoms with Crippen molar-refractivity contribution < 1.29 is 14.6 Å². The van der Waals surface area contributed by atoms with Crippen molar-refractivity contribution in [2.45, 2.75) is 50.2 Å². The molecule has 4 heteroatoms. The second-order valence-electron chi connectivity index (χ2n) is 6.49. The fourth-order valence-electron chi connectivity index (χ4n) is 4.00. The first-order valence-corrected chi connectivity index (χ1v) is 7.90. The molecule has 0 aromatic rings. The highest BCUT2D eigenvalue weighted by atomic mass is 16.5. The monoisotopic (exact) mass is 269 g/mol. The van der Waals surface area contributed by atoms with Crippen LogP contribution in [-0.2, 0) is 9.47 Å². The maximum atomic E-state index is 10.7. The summed E-state index contributed by atoms with van der Waals surface area (Å²) in [6.07, 6.45) is 6.24. The maximum Gasteiger partial charge on any atom is 0.0730 e. The minimum atomic E-state index is -0.156. The van der Waals surface area contributed by atoms with Crippen LogP contribution in [-0.4, -0.2) is 49.7 Å². The summed E-state index contributed by atoms with van der Waals surface area (Å²) in [5.41, 5.74) is 0.00421. The quantitative estimate of drug-likeness (QED) is 0.794. The minimum Gasteiger partial charge on any atom is -0.392 e. The van der Waals surface area contributed by atoms with Crippen molar-refractivity contribution in [2.24, 2.45) is 11.8 Å². The highest BCUT2D eigenvalue weighted by Gasteiger charge is 2.42. The normalized spacial score (nSPS) is 37.1. The van der Waals surface area contributed by atoms with Gasteiger partial charge in [0.15, 0.2) is 0 Å². The molecule has 3 unspecified atom stereocenters. The summed E-state index contributed by atoms with van der Waals surface area (Å²) in [6.45, 7) is 4.52. The number of hydrogen-bond donors (Lipinski definition) is 2. The fraction of sp³-hybridized carbons (Fsp3) is 1.00. The first kappa shape index (κ1) is 13.8. The van der Waals surface area contributed by atoms with Gasteiger partial charge in [0, 0.05) is 26.4 Å². The third-order valence-corrected chi connectivity index (χ3v) is 5.24. The van der Waals surface area contributed by atoms with Crippen molar-refractivity contribution in [3.05, 3.63) is 0 Å². The highest BCUT2D eigenvalue weighted by Crippen LogP contribution is 2.40. The number of nitrogens with one attached hydrogen (secondary N) is 1. The number of ether oxygens (including phenoxy) is 2. The van der Waals surface area contributed by atoms with Gasteiger partial charge in [-0.3, -0.25) is 0 Å². The molecule has 0 radical (unpaired) electrons. The van der Waals surface area contributed by atoms with Crippen LogP contribution in [0.2, 0.25) is 0 Å². The summed E-state index contributed by atoms with van der Waals surface area (Å²) in [7, 11) is 0. The number of hydrogen-bond acceptors (Lipinski definition) is 4. The zero-order valence-electron chi connectivity index (χ0n) is 11.8. The molecule has 0 aromatic heterocycles. The van der Waals surface area contributed by atoms with Crippen LogP contribution >= 0.6 is 0 Å². The van der Waals surface area contributed by atoms with Gasteiger partial charge in [-0.05, 0) is 56.9 Å². The van der Waals surface area contributed by atoms with E-state index in [0.717, 1.165) is 58.6 Å². The lowest BCUT2D eigenvalue weighted by Crippen LogP contribution is -2.49. The van der Waals surface area contributed by atoms with E-state index in [2.05, 4.69) is 5.32 Å². The molecular weight excluding hydrogens is 242 g/mol. The first-order valence-electron chi connectivity index (χ1n) is 7.90. The molecule has 4 nitrogen and oxygen atoms in total. The van der Waals surface area contributed by atoms with Crippen molar-refractivity contribution in [1.82, 2.24) is 5.32 Å². The van der Waals surface area contributed by atoms with Crippen LogP contribution < -0.4 is 5.32 Å². The summed E-state index contributed by atoms with van der Waals surface area (Å²) in [5, 5.41) is 14.1. The molecule has 0 saturated carbocycles. The Kier molecular flexibility index (Phi) is 4.42. The lowest BCUT2D eigenvalue weighted by molar-refractivity contribution is -0.162. The van der Waals surface area contributed by atoms with E-state index in [0.29, 0.717) is 11.8 Å². The fourth-order valence-corrected chi connectivity index (χ4v) is 4.00. The Morgan fingerprint density at radius 1 is 1.11 bits per heavy atom. The third-order valence-electron chi connectivity index (χ3n) is 5.24. The molecule has 1 spiro atoms. The molecule has 3 saturated heterocycles. The Balaban J connectivity index is 1.60. The Morgan fingerprint density at radius 3 is 2.68 bits per heavy atom. The van der Waals surface area contributed by atoms with Crippen molar-refractivity contribution in [1.29, 1.82) is 0 Å². The molecule has 3 heterocycles. The Labute approximate surface area is 115 Å². The molecule has 3 atom stereocenters. The van der Waals surface area contributed by atoms with Crippen molar-refractivity contribution in [3.8, 4) is 0 Å². The first-order chi connectivity index (χ1) is 9.29. The van der Waals surface area contributed by atoms with E-state index in [4.69, 9.17) is 9.47 Å². The average Bonchev–Trinajstić information content (AvgIpc) is 2.48. The molecule has 0 aliphatic carbocycles. The van der Waals surface area contributed by atoms with Crippen LogP contribution in [0, 0.1) is 11.8 Å². The second-order valence-corrected chi connectivity index (χ2v) is 6.49. The number of rotatable bonds is 2. The molecule has 2 N–H and O–H groups in total. The van der Waals surface area contributed by atoms with Gasteiger partial charge in [-0.25, -0.2) is 0 Å². The van der Waals surface area contributed by atoms with E-state index in [1.54, 1.807) is 0 Å². The topological polar surface area (TPSA) is 50.7 Å². The SMILES string of the molecule is OC(C1CCCNC1)C1CCOC2(CCOCC2)C1. The summed E-state index contributed by atoms with van der Waals surface area (Å²) in [6, 6.07) is 0. The largest absolute Gasteiger partial charge is 0.392 e. The van der Waals surface area contributed by atoms with Gasteiger partial charge in [0.25, 0.3) is 0 Å². The molecule has 3 rings (SSSR count). The summed E-state index contributed by atoms with van der Waals surface area (Å²) in [4.78, 5) is 0. The van der Waals surface area contributed by atoms with Gasteiger partial charge < -0.3 is 19.9 Å². The predicted molar refractivity (Wildman–Crippen MR) is 73.1 cm³/mol. The highest BCUT2D eigenvalue weighted by molar-refractivity contribution is 4.93. The summed E-state index contributed by atoms with van der Waals surface area (Å²) in [5.74, 6) is 0.852. The van der Waals surface area contributed by atoms with Crippen LogP contribution in [0.25, 0.3) is 0 Å². The predicted octanol–water partition coefficient (Wildman–Crippen LogP) is 1.32. The molecule has 0 aromatic carbocycles. The second kappa shape index (κ2) is 6.08. The van der Waals surface area contributed by atoms with Crippen molar-refractivity contribution >= 4 is 0 Å². The van der Waals surface area contributed by atoms with Crippen molar-refractivity contribution in [3.63, 3.8) is 0 Å². The molecule has 0 bridgehead atoms. The van der Waals surface area contributed by atoms with E-state index in [9.17, 15) is 5.11 Å². The molecule has 3 aliphatic rings. The van der Waals surface area contributed by atoms with Gasteiger partial charge in [-0.1, -0.05) is 0 Å². The molecular formula is C15H27NO3. The Hall–Kier alpha value is -0.160. The number of aliphatic hydroxyl groups excluding tert-OH is 1. The molecule has 3 aliphatic heterocycles. The summed E-state index contributed by atoms with van der Waals surface area (Å²) >= 11 is 0. The third kappa shape index (κ3) is 3.13. The lowest BCUT2D eigenvalue weighted by atomic mass is 9.74. The van der Waals surface area contributed by atoms with E-state index in [-0.39, 0.29) is 11.7 Å². The van der Waals surface area contributed by atoms with E-state index >= 15 is 0 Å². The van der Waals surface area contributed by atoms with Gasteiger partial charge in [0.1, 0.15) is 0 Å². The van der Waals surface area contributed by atoms with Crippen LogP contribution in [0.15, 0.2) is 0 Å². The van der Waals surface area contributed by atoms with E-state index < -0.39 is 0 Å². The van der Waals surface area contributed by atoms with Crippen LogP contribution in [0.4, 0.5) is 0 Å². The minimum absolute atomic E-state index is 0.00421. The molecule has 0 amide bonds. The standard InChI is InChI=1S/C15H27NO3/c17-14(13-2-1-6-16-11-13)12-3-7-19-15(10-12)4-8-18-9-5-15/h12-14,16-17H,1-11H2. The van der Waals surface area contributed by atoms with E-state index in [1.807, 2.05) is 0 Å². The zero-order valence-corrected chi connectivity index (χ0v) is 11.8. The van der Waals surface area contributed by atoms with Crippen molar-refractivity contribution in [2.75, 3.05) is 32.9 Å². The maximum absolute atomic E-state index is 10.7. The van der Waals surface area contributed by atoms with Gasteiger partial charge in [-0.2, -0.15) is 0 Å². The Morgan fingerprint density at radius 2 is 1.95 bits per heavy atom. The molecule has 110 valence electrons. The van der Waals surface area contributed by atoms with Crippen LogP contribution in [0.5, 0.6) is 0 Å². The van der Waals surface area contributed by atoms with Gasteiger partial charge in [-0.15, -0.1) is 0 Å². The van der Waals surface area contributed by atoms with Gasteiger partial charge in [0.05, 0.1) is 11.7 Å². The number of aliphatic hydroxyl groups is 1. The van der Waals surface area contributed by atoms with Gasteiger partial charge in [0.2, 0.25) is 0 Å².